The van der Waals surface area contributed by atoms with E-state index in [1.165, 1.54) is 6.92 Å². The molecule has 2 atom stereocenters. The summed E-state index contributed by atoms with van der Waals surface area (Å²) in [4.78, 5) is 28.3. The molecule has 1 fully saturated rings. The Hall–Kier alpha value is -2.71. The molecule has 1 saturated heterocycles. The number of anilines is 1. The SMILES string of the molecule is CC(=O)N1c2ccc(S(=O)(=O)NC3CCCN(C(=O)c4ccccc4)C3)cc2CC1C. The maximum Gasteiger partial charge on any atom is 0.253 e. The van der Waals surface area contributed by atoms with Gasteiger partial charge in [-0.15, -0.1) is 0 Å². The van der Waals surface area contributed by atoms with Gasteiger partial charge in [0, 0.05) is 43.3 Å². The number of benzene rings is 2. The average Bonchev–Trinajstić information content (AvgIpc) is 3.08. The van der Waals surface area contributed by atoms with Crippen LogP contribution >= 0.6 is 0 Å². The number of amides is 2. The van der Waals surface area contributed by atoms with Crippen molar-refractivity contribution in [3.8, 4) is 0 Å². The predicted octanol–water partition coefficient (Wildman–Crippen LogP) is 2.57. The molecule has 0 spiro atoms. The van der Waals surface area contributed by atoms with Crippen molar-refractivity contribution in [1.82, 2.24) is 9.62 Å². The van der Waals surface area contributed by atoms with Crippen molar-refractivity contribution in [2.75, 3.05) is 18.0 Å². The van der Waals surface area contributed by atoms with Crippen LogP contribution in [0.15, 0.2) is 53.4 Å². The fraction of sp³-hybridized carbons (Fsp3) is 0.391. The maximum atomic E-state index is 13.0. The number of sulfonamides is 1. The molecule has 2 amide bonds. The van der Waals surface area contributed by atoms with Crippen molar-refractivity contribution in [3.05, 3.63) is 59.7 Å². The summed E-state index contributed by atoms with van der Waals surface area (Å²) in [5.41, 5.74) is 2.24. The normalized spacial score (nSPS) is 21.1. The van der Waals surface area contributed by atoms with Crippen molar-refractivity contribution in [2.45, 2.75) is 50.1 Å². The third-order valence-corrected chi connectivity index (χ3v) is 7.49. The number of fused-ring (bicyclic) bond motifs is 1. The highest BCUT2D eigenvalue weighted by atomic mass is 32.2. The molecule has 0 bridgehead atoms. The van der Waals surface area contributed by atoms with Crippen LogP contribution in [0.4, 0.5) is 5.69 Å². The average molecular weight is 442 g/mol. The van der Waals surface area contributed by atoms with Gasteiger partial charge < -0.3 is 9.80 Å². The van der Waals surface area contributed by atoms with Crippen molar-refractivity contribution in [2.24, 2.45) is 0 Å². The molecule has 2 unspecified atom stereocenters. The van der Waals surface area contributed by atoms with Crippen LogP contribution in [0.25, 0.3) is 0 Å². The van der Waals surface area contributed by atoms with Crippen LogP contribution in [0.1, 0.15) is 42.6 Å². The van der Waals surface area contributed by atoms with Crippen molar-refractivity contribution < 1.29 is 18.0 Å². The van der Waals surface area contributed by atoms with Gasteiger partial charge in [-0.05, 0) is 62.1 Å². The fourth-order valence-corrected chi connectivity index (χ4v) is 5.87. The van der Waals surface area contributed by atoms with E-state index in [2.05, 4.69) is 4.72 Å². The lowest BCUT2D eigenvalue weighted by Crippen LogP contribution is -2.49. The molecule has 2 aliphatic rings. The van der Waals surface area contributed by atoms with Crippen LogP contribution in [0.3, 0.4) is 0 Å². The first kappa shape index (κ1) is 21.5. The monoisotopic (exact) mass is 441 g/mol. The molecule has 7 nitrogen and oxygen atoms in total. The number of hydrogen-bond acceptors (Lipinski definition) is 4. The molecule has 0 aliphatic carbocycles. The zero-order valence-electron chi connectivity index (χ0n) is 17.7. The Morgan fingerprint density at radius 2 is 1.84 bits per heavy atom. The second kappa shape index (κ2) is 8.43. The van der Waals surface area contributed by atoms with Crippen LogP contribution in [-0.4, -0.2) is 50.3 Å². The van der Waals surface area contributed by atoms with Gasteiger partial charge in [-0.2, -0.15) is 0 Å². The molecule has 2 aliphatic heterocycles. The number of piperidine rings is 1. The number of nitrogens with one attached hydrogen (secondary N) is 1. The molecule has 164 valence electrons. The van der Waals surface area contributed by atoms with Crippen molar-refractivity contribution >= 4 is 27.5 Å². The number of rotatable bonds is 4. The highest BCUT2D eigenvalue weighted by molar-refractivity contribution is 7.89. The first-order chi connectivity index (χ1) is 14.8. The van der Waals surface area contributed by atoms with E-state index in [9.17, 15) is 18.0 Å². The summed E-state index contributed by atoms with van der Waals surface area (Å²) in [6, 6.07) is 13.6. The van der Waals surface area contributed by atoms with E-state index in [4.69, 9.17) is 0 Å². The standard InChI is InChI=1S/C23H27N3O4S/c1-16-13-19-14-21(10-11-22(19)26(16)17(2)27)31(29,30)24-20-9-6-12-25(15-20)23(28)18-7-4-3-5-8-18/h3-5,7-8,10-11,14,16,20,24H,6,9,12-13,15H2,1-2H3. The molecule has 0 saturated carbocycles. The van der Waals surface area contributed by atoms with Gasteiger partial charge in [-0.1, -0.05) is 18.2 Å². The van der Waals surface area contributed by atoms with Gasteiger partial charge in [0.2, 0.25) is 15.9 Å². The van der Waals surface area contributed by atoms with E-state index in [1.807, 2.05) is 25.1 Å². The molecular formula is C23H27N3O4S. The van der Waals surface area contributed by atoms with Crippen LogP contribution in [-0.2, 0) is 21.2 Å². The number of hydrogen-bond donors (Lipinski definition) is 1. The van der Waals surface area contributed by atoms with Crippen LogP contribution in [0.5, 0.6) is 0 Å². The summed E-state index contributed by atoms with van der Waals surface area (Å²) in [6.45, 7) is 4.42. The number of carbonyl (C=O) groups is 2. The highest BCUT2D eigenvalue weighted by Gasteiger charge is 2.32. The van der Waals surface area contributed by atoms with Gasteiger partial charge >= 0.3 is 0 Å². The molecule has 8 heteroatoms. The van der Waals surface area contributed by atoms with Crippen LogP contribution < -0.4 is 9.62 Å². The lowest BCUT2D eigenvalue weighted by atomic mass is 10.1. The number of likely N-dealkylation sites (tertiary alicyclic amines) is 1. The molecule has 2 heterocycles. The lowest BCUT2D eigenvalue weighted by molar-refractivity contribution is -0.116. The zero-order chi connectivity index (χ0) is 22.2. The van der Waals surface area contributed by atoms with E-state index < -0.39 is 10.0 Å². The Morgan fingerprint density at radius 1 is 1.10 bits per heavy atom. The number of carbonyl (C=O) groups excluding carboxylic acids is 2. The largest absolute Gasteiger partial charge is 0.337 e. The summed E-state index contributed by atoms with van der Waals surface area (Å²) in [5.74, 6) is -0.134. The zero-order valence-corrected chi connectivity index (χ0v) is 18.6. The van der Waals surface area contributed by atoms with Crippen LogP contribution in [0, 0.1) is 0 Å². The van der Waals surface area contributed by atoms with Crippen LogP contribution in [0.2, 0.25) is 0 Å². The Morgan fingerprint density at radius 3 is 2.55 bits per heavy atom. The second-order valence-corrected chi connectivity index (χ2v) is 10.0. The highest BCUT2D eigenvalue weighted by Crippen LogP contribution is 2.34. The molecule has 1 N–H and O–H groups in total. The predicted molar refractivity (Wildman–Crippen MR) is 118 cm³/mol. The summed E-state index contributed by atoms with van der Waals surface area (Å²) < 4.78 is 28.9. The molecule has 0 radical (unpaired) electrons. The minimum atomic E-state index is -3.74. The van der Waals surface area contributed by atoms with Crippen molar-refractivity contribution in [3.63, 3.8) is 0 Å². The smallest absolute Gasteiger partial charge is 0.253 e. The summed E-state index contributed by atoms with van der Waals surface area (Å²) >= 11 is 0. The molecule has 0 aromatic heterocycles. The van der Waals surface area contributed by atoms with Gasteiger partial charge in [0.25, 0.3) is 5.91 Å². The third kappa shape index (κ3) is 4.36. The fourth-order valence-electron chi connectivity index (χ4n) is 4.56. The topological polar surface area (TPSA) is 86.8 Å². The van der Waals surface area contributed by atoms with E-state index >= 15 is 0 Å². The summed E-state index contributed by atoms with van der Waals surface area (Å²) in [6.07, 6.45) is 2.04. The van der Waals surface area contributed by atoms with E-state index in [0.717, 1.165) is 17.7 Å². The van der Waals surface area contributed by atoms with E-state index in [-0.39, 0.29) is 28.8 Å². The molecule has 31 heavy (non-hydrogen) atoms. The molecule has 2 aromatic rings. The second-order valence-electron chi connectivity index (χ2n) is 8.31. The minimum Gasteiger partial charge on any atom is -0.337 e. The Bertz CT molecular complexity index is 1100. The van der Waals surface area contributed by atoms with E-state index in [0.29, 0.717) is 31.5 Å². The Labute approximate surface area is 183 Å². The first-order valence-electron chi connectivity index (χ1n) is 10.6. The van der Waals surface area contributed by atoms with Gasteiger partial charge in [0.15, 0.2) is 0 Å². The number of nitrogens with zero attached hydrogens (tertiary/aromatic N) is 2. The third-order valence-electron chi connectivity index (χ3n) is 5.97. The first-order valence-corrected chi connectivity index (χ1v) is 12.0. The van der Waals surface area contributed by atoms with Gasteiger partial charge in [-0.3, -0.25) is 9.59 Å². The van der Waals surface area contributed by atoms with Gasteiger partial charge in [0.1, 0.15) is 0 Å². The Kier molecular flexibility index (Phi) is 5.85. The van der Waals surface area contributed by atoms with E-state index in [1.54, 1.807) is 40.1 Å². The van der Waals surface area contributed by atoms with Crippen molar-refractivity contribution in [1.29, 1.82) is 0 Å². The summed E-state index contributed by atoms with van der Waals surface area (Å²) in [5, 5.41) is 0. The molecule has 2 aromatic carbocycles. The minimum absolute atomic E-state index is 0.00862. The maximum absolute atomic E-state index is 13.0. The lowest BCUT2D eigenvalue weighted by Gasteiger charge is -2.33. The quantitative estimate of drug-likeness (QED) is 0.790. The summed E-state index contributed by atoms with van der Waals surface area (Å²) in [7, 11) is -3.74. The Balaban J connectivity index is 1.48. The molecule has 4 rings (SSSR count). The van der Waals surface area contributed by atoms with Gasteiger partial charge in [-0.25, -0.2) is 13.1 Å². The molecular weight excluding hydrogens is 414 g/mol. The van der Waals surface area contributed by atoms with Gasteiger partial charge in [0.05, 0.1) is 4.90 Å².